The number of nitrogens with zero attached hydrogens (tertiary/aromatic N) is 5. The zero-order chi connectivity index (χ0) is 24.9. The van der Waals surface area contributed by atoms with E-state index in [1.807, 2.05) is 53.2 Å². The van der Waals surface area contributed by atoms with Crippen molar-refractivity contribution >= 4 is 10.9 Å². The number of nitrogens with one attached hydrogen (secondary N) is 1. The lowest BCUT2D eigenvalue weighted by Crippen LogP contribution is -2.29. The molecule has 36 heavy (non-hydrogen) atoms. The number of methoxy groups -OCH3 is 2. The molecule has 0 atom stereocenters. The van der Waals surface area contributed by atoms with Gasteiger partial charge in [0.15, 0.2) is 5.82 Å². The van der Waals surface area contributed by atoms with Crippen molar-refractivity contribution in [1.29, 1.82) is 0 Å². The summed E-state index contributed by atoms with van der Waals surface area (Å²) in [5, 5.41) is 13.7. The molecule has 1 saturated carbocycles. The van der Waals surface area contributed by atoms with Crippen LogP contribution in [0.15, 0.2) is 53.3 Å². The van der Waals surface area contributed by atoms with Crippen LogP contribution in [0.1, 0.15) is 55.1 Å². The van der Waals surface area contributed by atoms with Crippen LogP contribution in [0.2, 0.25) is 0 Å². The van der Waals surface area contributed by atoms with Gasteiger partial charge in [0.05, 0.1) is 32.3 Å². The minimum Gasteiger partial charge on any atom is -0.497 e. The molecular weight excluding hydrogens is 456 g/mol. The summed E-state index contributed by atoms with van der Waals surface area (Å²) in [6.45, 7) is 1.54. The van der Waals surface area contributed by atoms with Gasteiger partial charge in [-0.25, -0.2) is 4.68 Å². The highest BCUT2D eigenvalue weighted by Gasteiger charge is 2.22. The number of para-hydroxylation sites is 1. The normalized spacial score (nSPS) is 14.4. The molecule has 0 amide bonds. The molecule has 1 aliphatic rings. The first-order chi connectivity index (χ1) is 17.6. The smallest absolute Gasteiger partial charge is 0.252 e. The summed E-state index contributed by atoms with van der Waals surface area (Å²) >= 11 is 0. The third kappa shape index (κ3) is 5.26. The fraction of sp³-hybridized carbons (Fsp3) is 0.407. The minimum absolute atomic E-state index is 0.118. The summed E-state index contributed by atoms with van der Waals surface area (Å²) in [5.41, 5.74) is 2.35. The lowest BCUT2D eigenvalue weighted by Gasteiger charge is -2.26. The van der Waals surface area contributed by atoms with Crippen LogP contribution < -0.4 is 15.0 Å². The third-order valence-corrected chi connectivity index (χ3v) is 6.96. The molecule has 188 valence electrons. The van der Waals surface area contributed by atoms with E-state index in [1.165, 1.54) is 19.3 Å². The minimum atomic E-state index is -0.118. The maximum absolute atomic E-state index is 13.1. The summed E-state index contributed by atoms with van der Waals surface area (Å²) in [7, 11) is 3.29. The van der Waals surface area contributed by atoms with Gasteiger partial charge in [0.1, 0.15) is 11.5 Å². The Labute approximate surface area is 210 Å². The molecule has 1 fully saturated rings. The van der Waals surface area contributed by atoms with Gasteiger partial charge in [-0.05, 0) is 52.9 Å². The number of pyridine rings is 1. The van der Waals surface area contributed by atoms with Gasteiger partial charge in [-0.2, -0.15) is 0 Å². The van der Waals surface area contributed by atoms with Gasteiger partial charge in [0.25, 0.3) is 5.56 Å². The summed E-state index contributed by atoms with van der Waals surface area (Å²) in [4.78, 5) is 18.3. The van der Waals surface area contributed by atoms with Crippen molar-refractivity contribution in [2.75, 3.05) is 14.2 Å². The second-order valence-corrected chi connectivity index (χ2v) is 9.37. The van der Waals surface area contributed by atoms with Gasteiger partial charge in [0.2, 0.25) is 0 Å². The average Bonchev–Trinajstić information content (AvgIpc) is 3.37. The van der Waals surface area contributed by atoms with Gasteiger partial charge in [-0.1, -0.05) is 37.5 Å². The Morgan fingerprint density at radius 1 is 0.972 bits per heavy atom. The third-order valence-electron chi connectivity index (χ3n) is 6.96. The maximum Gasteiger partial charge on any atom is 0.252 e. The molecule has 4 aromatic rings. The highest BCUT2D eigenvalue weighted by Crippen LogP contribution is 2.29. The summed E-state index contributed by atoms with van der Waals surface area (Å²) in [5.74, 6) is 2.34. The number of benzene rings is 2. The highest BCUT2D eigenvalue weighted by molar-refractivity contribution is 5.80. The Kier molecular flexibility index (Phi) is 7.27. The Balaban J connectivity index is 1.46. The van der Waals surface area contributed by atoms with Crippen molar-refractivity contribution in [2.45, 2.75) is 57.8 Å². The molecule has 2 aromatic heterocycles. The van der Waals surface area contributed by atoms with E-state index >= 15 is 0 Å². The molecule has 0 spiro atoms. The standard InChI is InChI=1S/C27H32N6O3/c1-35-23-13-12-19-14-21(27(34)28-24(19)15-23)17-32(16-20-8-6-7-11-25(20)36-2)18-26-29-30-31-33(26)22-9-4-3-5-10-22/h6-8,11-15,22H,3-5,9-10,16-18H2,1-2H3,(H,28,34). The Bertz CT molecular complexity index is 1380. The van der Waals surface area contributed by atoms with Crippen molar-refractivity contribution in [2.24, 2.45) is 0 Å². The monoisotopic (exact) mass is 488 g/mol. The fourth-order valence-electron chi connectivity index (χ4n) is 5.08. The fourth-order valence-corrected chi connectivity index (χ4v) is 5.08. The van der Waals surface area contributed by atoms with E-state index in [0.717, 1.165) is 40.9 Å². The number of tetrazole rings is 1. The van der Waals surface area contributed by atoms with Crippen LogP contribution >= 0.6 is 0 Å². The molecule has 1 aliphatic carbocycles. The van der Waals surface area contributed by atoms with Gasteiger partial charge < -0.3 is 14.5 Å². The molecule has 0 saturated heterocycles. The Hall–Kier alpha value is -3.72. The number of H-pyrrole nitrogens is 1. The van der Waals surface area contributed by atoms with Crippen LogP contribution in [-0.2, 0) is 19.6 Å². The summed E-state index contributed by atoms with van der Waals surface area (Å²) in [6.07, 6.45) is 5.86. The van der Waals surface area contributed by atoms with Gasteiger partial charge in [-0.15, -0.1) is 5.10 Å². The topological polar surface area (TPSA) is 98.2 Å². The van der Waals surface area contributed by atoms with Crippen LogP contribution in [0.5, 0.6) is 11.5 Å². The number of rotatable bonds is 9. The number of hydrogen-bond donors (Lipinski definition) is 1. The largest absolute Gasteiger partial charge is 0.497 e. The molecule has 9 nitrogen and oxygen atoms in total. The quantitative estimate of drug-likeness (QED) is 0.376. The van der Waals surface area contributed by atoms with Crippen LogP contribution in [0.3, 0.4) is 0 Å². The predicted molar refractivity (Wildman–Crippen MR) is 137 cm³/mol. The summed E-state index contributed by atoms with van der Waals surface area (Å²) in [6, 6.07) is 15.9. The van der Waals surface area contributed by atoms with Crippen molar-refractivity contribution in [1.82, 2.24) is 30.1 Å². The number of hydrogen-bond acceptors (Lipinski definition) is 7. The molecular formula is C27H32N6O3. The van der Waals surface area contributed by atoms with Crippen molar-refractivity contribution in [3.05, 3.63) is 75.8 Å². The van der Waals surface area contributed by atoms with E-state index in [9.17, 15) is 4.79 Å². The predicted octanol–water partition coefficient (Wildman–Crippen LogP) is 4.24. The first-order valence-corrected chi connectivity index (χ1v) is 12.5. The molecule has 0 bridgehead atoms. The maximum atomic E-state index is 13.1. The van der Waals surface area contributed by atoms with E-state index in [0.29, 0.717) is 37.0 Å². The van der Waals surface area contributed by atoms with Gasteiger partial charge >= 0.3 is 0 Å². The van der Waals surface area contributed by atoms with Crippen LogP contribution in [0.4, 0.5) is 0 Å². The highest BCUT2D eigenvalue weighted by atomic mass is 16.5. The van der Waals surface area contributed by atoms with Crippen LogP contribution in [0.25, 0.3) is 10.9 Å². The zero-order valence-electron chi connectivity index (χ0n) is 20.8. The molecule has 9 heteroatoms. The number of fused-ring (bicyclic) bond motifs is 1. The van der Waals surface area contributed by atoms with Crippen molar-refractivity contribution in [3.63, 3.8) is 0 Å². The second kappa shape index (κ2) is 10.9. The van der Waals surface area contributed by atoms with E-state index in [2.05, 4.69) is 25.4 Å². The molecule has 0 aliphatic heterocycles. The number of aromatic amines is 1. The molecule has 2 heterocycles. The average molecular weight is 489 g/mol. The van der Waals surface area contributed by atoms with Crippen molar-refractivity contribution in [3.8, 4) is 11.5 Å². The van der Waals surface area contributed by atoms with Gasteiger partial charge in [-0.3, -0.25) is 9.69 Å². The van der Waals surface area contributed by atoms with Gasteiger partial charge in [0, 0.05) is 30.3 Å². The van der Waals surface area contributed by atoms with E-state index in [-0.39, 0.29) is 5.56 Å². The number of aromatic nitrogens is 5. The van der Waals surface area contributed by atoms with Crippen LogP contribution in [0, 0.1) is 0 Å². The molecule has 2 aromatic carbocycles. The zero-order valence-corrected chi connectivity index (χ0v) is 20.8. The molecule has 1 N–H and O–H groups in total. The Morgan fingerprint density at radius 3 is 2.58 bits per heavy atom. The SMILES string of the molecule is COc1ccc2cc(CN(Cc3ccccc3OC)Cc3nnnn3C3CCCCC3)c(=O)[nH]c2c1. The lowest BCUT2D eigenvalue weighted by molar-refractivity contribution is 0.222. The lowest BCUT2D eigenvalue weighted by atomic mass is 9.95. The second-order valence-electron chi connectivity index (χ2n) is 9.37. The first kappa shape index (κ1) is 24.0. The molecule has 5 rings (SSSR count). The number of ether oxygens (including phenoxy) is 2. The van der Waals surface area contributed by atoms with Crippen LogP contribution in [-0.4, -0.2) is 44.3 Å². The van der Waals surface area contributed by atoms with E-state index in [4.69, 9.17) is 9.47 Å². The molecule has 0 radical (unpaired) electrons. The van der Waals surface area contributed by atoms with E-state index in [1.54, 1.807) is 14.2 Å². The van der Waals surface area contributed by atoms with E-state index < -0.39 is 0 Å². The Morgan fingerprint density at radius 2 is 1.78 bits per heavy atom. The summed E-state index contributed by atoms with van der Waals surface area (Å²) < 4.78 is 12.9. The van der Waals surface area contributed by atoms with Crippen molar-refractivity contribution < 1.29 is 9.47 Å². The first-order valence-electron chi connectivity index (χ1n) is 12.5. The molecule has 0 unspecified atom stereocenters.